The number of nitrogens with zero attached hydrogens (tertiary/aromatic N) is 2. The molecule has 3 heterocycles. The first-order valence-corrected chi connectivity index (χ1v) is 12.6. The minimum Gasteiger partial charge on any atom is -0.460 e. The van der Waals surface area contributed by atoms with Crippen LogP contribution < -0.4 is 5.32 Å². The van der Waals surface area contributed by atoms with Gasteiger partial charge in [0.2, 0.25) is 5.91 Å². The highest BCUT2D eigenvalue weighted by Gasteiger charge is 2.48. The number of aromatic nitrogens is 1. The molecule has 180 valence electrons. The number of carbonyl (C=O) groups is 2. The number of amides is 2. The van der Waals surface area contributed by atoms with E-state index in [1.54, 1.807) is 4.90 Å². The Kier molecular flexibility index (Phi) is 6.00. The minimum absolute atomic E-state index is 0.0549. The molecule has 0 unspecified atom stereocenters. The lowest BCUT2D eigenvalue weighted by atomic mass is 9.91. The predicted octanol–water partition coefficient (Wildman–Crippen LogP) is 5.40. The van der Waals surface area contributed by atoms with Gasteiger partial charge in [-0.15, -0.1) is 0 Å². The first-order chi connectivity index (χ1) is 16.4. The Bertz CT molecular complexity index is 1190. The molecular weight excluding hydrogens is 426 g/mol. The number of aryl methyl sites for hydroxylation is 1. The molecule has 0 radical (unpaired) electrons. The molecule has 2 atom stereocenters. The van der Waals surface area contributed by atoms with Crippen LogP contribution in [-0.4, -0.2) is 39.4 Å². The van der Waals surface area contributed by atoms with Gasteiger partial charge in [0.15, 0.2) is 5.58 Å². The van der Waals surface area contributed by atoms with E-state index in [2.05, 4.69) is 24.4 Å². The van der Waals surface area contributed by atoms with E-state index < -0.39 is 5.54 Å². The average Bonchev–Trinajstić information content (AvgIpc) is 3.22. The fraction of sp³-hybridized carbons (Fsp3) is 0.500. The lowest BCUT2D eigenvalue weighted by Gasteiger charge is -2.45. The molecule has 0 saturated heterocycles. The average molecular weight is 462 g/mol. The van der Waals surface area contributed by atoms with Gasteiger partial charge in [0, 0.05) is 24.7 Å². The van der Waals surface area contributed by atoms with Gasteiger partial charge in [-0.1, -0.05) is 62.9 Å². The van der Waals surface area contributed by atoms with Crippen molar-refractivity contribution in [2.45, 2.75) is 83.3 Å². The summed E-state index contributed by atoms with van der Waals surface area (Å²) in [5.74, 6) is 0.733. The summed E-state index contributed by atoms with van der Waals surface area (Å²) in [6.45, 7) is 6.84. The van der Waals surface area contributed by atoms with E-state index in [4.69, 9.17) is 4.42 Å². The van der Waals surface area contributed by atoms with Crippen molar-refractivity contribution < 1.29 is 14.0 Å². The van der Waals surface area contributed by atoms with Crippen LogP contribution >= 0.6 is 0 Å². The van der Waals surface area contributed by atoms with Crippen LogP contribution in [0.1, 0.15) is 80.1 Å². The topological polar surface area (TPSA) is 67.5 Å². The van der Waals surface area contributed by atoms with E-state index in [1.165, 1.54) is 12.8 Å². The van der Waals surface area contributed by atoms with Gasteiger partial charge < -0.3 is 19.2 Å². The second-order valence-electron chi connectivity index (χ2n) is 10.4. The number of hydrogen-bond donors (Lipinski definition) is 1. The molecule has 2 amide bonds. The fourth-order valence-electron chi connectivity index (χ4n) is 5.67. The van der Waals surface area contributed by atoms with Crippen molar-refractivity contribution in [3.05, 3.63) is 59.5 Å². The molecule has 0 bridgehead atoms. The normalized spacial score (nSPS) is 22.4. The Hall–Kier alpha value is -3.02. The van der Waals surface area contributed by atoms with Crippen molar-refractivity contribution >= 4 is 22.9 Å². The Morgan fingerprint density at radius 3 is 2.56 bits per heavy atom. The highest BCUT2D eigenvalue weighted by Crippen LogP contribution is 2.35. The molecule has 2 aliphatic rings. The summed E-state index contributed by atoms with van der Waals surface area (Å²) in [6.07, 6.45) is 6.77. The Morgan fingerprint density at radius 1 is 1.15 bits per heavy atom. The highest BCUT2D eigenvalue weighted by atomic mass is 16.3. The molecule has 1 N–H and O–H groups in total. The SMILES string of the molecule is Cc1cc2c(cc3n2C[C@](C)(C(=O)NC2CCCCCC2)N(C[C@H](C)c2ccccc2)C3=O)o1. The number of nitrogens with one attached hydrogen (secondary N) is 1. The molecule has 3 aromatic rings. The Morgan fingerprint density at radius 2 is 1.85 bits per heavy atom. The van der Waals surface area contributed by atoms with Gasteiger partial charge in [-0.05, 0) is 38.2 Å². The monoisotopic (exact) mass is 461 g/mol. The number of rotatable bonds is 5. The number of fused-ring (bicyclic) bond motifs is 3. The molecule has 6 heteroatoms. The summed E-state index contributed by atoms with van der Waals surface area (Å²) in [7, 11) is 0. The van der Waals surface area contributed by atoms with Crippen LogP contribution in [-0.2, 0) is 11.3 Å². The van der Waals surface area contributed by atoms with Crippen LogP contribution in [0.5, 0.6) is 0 Å². The lowest BCUT2D eigenvalue weighted by molar-refractivity contribution is -0.133. The molecule has 1 aliphatic carbocycles. The van der Waals surface area contributed by atoms with Crippen LogP contribution in [0.3, 0.4) is 0 Å². The quantitative estimate of drug-likeness (QED) is 0.517. The van der Waals surface area contributed by atoms with Crippen molar-refractivity contribution in [1.82, 2.24) is 14.8 Å². The summed E-state index contributed by atoms with van der Waals surface area (Å²) < 4.78 is 7.80. The van der Waals surface area contributed by atoms with Gasteiger partial charge in [-0.25, -0.2) is 0 Å². The first-order valence-electron chi connectivity index (χ1n) is 12.6. The molecule has 5 rings (SSSR count). The number of hydrogen-bond acceptors (Lipinski definition) is 3. The molecule has 6 nitrogen and oxygen atoms in total. The lowest BCUT2D eigenvalue weighted by Crippen LogP contribution is -2.65. The third-order valence-corrected chi connectivity index (χ3v) is 7.74. The van der Waals surface area contributed by atoms with Gasteiger partial charge in [0.1, 0.15) is 17.0 Å². The van der Waals surface area contributed by atoms with Crippen LogP contribution in [0.4, 0.5) is 0 Å². The first kappa shape index (κ1) is 22.8. The summed E-state index contributed by atoms with van der Waals surface area (Å²) in [6, 6.07) is 14.2. The summed E-state index contributed by atoms with van der Waals surface area (Å²) in [5.41, 5.74) is 2.34. The Labute approximate surface area is 201 Å². The largest absolute Gasteiger partial charge is 0.460 e. The zero-order valence-corrected chi connectivity index (χ0v) is 20.5. The van der Waals surface area contributed by atoms with Crippen LogP contribution in [0, 0.1) is 6.92 Å². The van der Waals surface area contributed by atoms with Crippen LogP contribution in [0.25, 0.3) is 11.1 Å². The minimum atomic E-state index is -0.990. The maximum Gasteiger partial charge on any atom is 0.271 e. The van der Waals surface area contributed by atoms with E-state index in [-0.39, 0.29) is 23.8 Å². The molecule has 1 aromatic carbocycles. The fourth-order valence-corrected chi connectivity index (χ4v) is 5.67. The smallest absolute Gasteiger partial charge is 0.271 e. The number of furan rings is 1. The molecule has 2 aromatic heterocycles. The zero-order chi connectivity index (χ0) is 23.9. The van der Waals surface area contributed by atoms with Crippen molar-refractivity contribution in [3.63, 3.8) is 0 Å². The summed E-state index contributed by atoms with van der Waals surface area (Å²) >= 11 is 0. The van der Waals surface area contributed by atoms with Gasteiger partial charge >= 0.3 is 0 Å². The molecule has 1 saturated carbocycles. The number of benzene rings is 1. The second kappa shape index (κ2) is 8.97. The van der Waals surface area contributed by atoms with Crippen molar-refractivity contribution in [2.24, 2.45) is 0 Å². The van der Waals surface area contributed by atoms with E-state index in [0.717, 1.165) is 42.5 Å². The third kappa shape index (κ3) is 4.04. The van der Waals surface area contributed by atoms with E-state index in [0.29, 0.717) is 24.4 Å². The second-order valence-corrected chi connectivity index (χ2v) is 10.4. The molecule has 34 heavy (non-hydrogen) atoms. The van der Waals surface area contributed by atoms with Gasteiger partial charge in [0.05, 0.1) is 12.1 Å². The standard InChI is InChI=1S/C28H35N3O3/c1-19(21-11-7-6-8-12-21)17-31-26(32)24-16-25-23(15-20(2)34-25)30(24)18-28(31,3)27(33)29-22-13-9-4-5-10-14-22/h6-8,11-12,15-16,19,22H,4-5,9-10,13-14,17-18H2,1-3H3,(H,29,33)/t19-,28+/m0/s1. The van der Waals surface area contributed by atoms with E-state index >= 15 is 0 Å². The van der Waals surface area contributed by atoms with E-state index in [9.17, 15) is 9.59 Å². The molecule has 1 fully saturated rings. The Balaban J connectivity index is 1.50. The van der Waals surface area contributed by atoms with Gasteiger partial charge in [-0.2, -0.15) is 0 Å². The molecule has 1 aliphatic heterocycles. The van der Waals surface area contributed by atoms with Crippen LogP contribution in [0.2, 0.25) is 0 Å². The summed E-state index contributed by atoms with van der Waals surface area (Å²) in [4.78, 5) is 29.6. The molecule has 0 spiro atoms. The van der Waals surface area contributed by atoms with E-state index in [1.807, 2.05) is 48.7 Å². The van der Waals surface area contributed by atoms with Crippen molar-refractivity contribution in [1.29, 1.82) is 0 Å². The highest BCUT2D eigenvalue weighted by molar-refractivity contribution is 6.03. The number of carbonyl (C=O) groups excluding carboxylic acids is 2. The third-order valence-electron chi connectivity index (χ3n) is 7.74. The molecular formula is C28H35N3O3. The summed E-state index contributed by atoms with van der Waals surface area (Å²) in [5, 5.41) is 3.34. The van der Waals surface area contributed by atoms with Gasteiger partial charge in [0.25, 0.3) is 5.91 Å². The van der Waals surface area contributed by atoms with Crippen LogP contribution in [0.15, 0.2) is 46.9 Å². The maximum absolute atomic E-state index is 13.9. The zero-order valence-electron chi connectivity index (χ0n) is 20.5. The van der Waals surface area contributed by atoms with Crippen molar-refractivity contribution in [3.8, 4) is 0 Å². The van der Waals surface area contributed by atoms with Crippen molar-refractivity contribution in [2.75, 3.05) is 6.54 Å². The van der Waals surface area contributed by atoms with Gasteiger partial charge in [-0.3, -0.25) is 9.59 Å². The maximum atomic E-state index is 13.9. The predicted molar refractivity (Wildman–Crippen MR) is 133 cm³/mol.